The van der Waals surface area contributed by atoms with Crippen molar-refractivity contribution in [3.8, 4) is 0 Å². The average Bonchev–Trinajstić information content (AvgIpc) is 4.53. The lowest BCUT2D eigenvalue weighted by atomic mass is 10.0. The molecule has 20 heteroatoms. The topological polar surface area (TPSA) is 267 Å². The number of benzene rings is 4. The molecular weight excluding hydrogens is 1130 g/mol. The third kappa shape index (κ3) is 24.9. The summed E-state index contributed by atoms with van der Waals surface area (Å²) in [6, 6.07) is 33.0. The van der Waals surface area contributed by atoms with Gasteiger partial charge >= 0.3 is 0 Å². The van der Waals surface area contributed by atoms with Gasteiger partial charge in [0.15, 0.2) is 0 Å². The van der Waals surface area contributed by atoms with Crippen LogP contribution in [0, 0.1) is 17.8 Å². The summed E-state index contributed by atoms with van der Waals surface area (Å²) in [7, 11) is 0. The van der Waals surface area contributed by atoms with Gasteiger partial charge in [0, 0.05) is 75.0 Å². The van der Waals surface area contributed by atoms with E-state index in [0.29, 0.717) is 62.1 Å². The summed E-state index contributed by atoms with van der Waals surface area (Å²) >= 11 is 1.50. The first-order valence-electron chi connectivity index (χ1n) is 31.5. The Labute approximate surface area is 523 Å². The Morgan fingerprint density at radius 2 is 1.00 bits per heavy atom. The van der Waals surface area contributed by atoms with Crippen LogP contribution in [-0.2, 0) is 63.4 Å². The van der Waals surface area contributed by atoms with Gasteiger partial charge in [-0.2, -0.15) is 11.8 Å². The minimum Gasteiger partial charge on any atom is -0.368 e. The lowest BCUT2D eigenvalue weighted by Crippen LogP contribution is -2.55. The van der Waals surface area contributed by atoms with E-state index in [-0.39, 0.29) is 132 Å². The lowest BCUT2D eigenvalue weighted by molar-refractivity contribution is -0.139. The Kier molecular flexibility index (Phi) is 27.3. The quantitative estimate of drug-likeness (QED) is 0.0499. The molecule has 8 N–H and O–H groups in total. The van der Waals surface area contributed by atoms with Crippen LogP contribution < -0.4 is 32.7 Å². The summed E-state index contributed by atoms with van der Waals surface area (Å²) in [5.74, 6) is -2.17. The molecule has 8 rings (SSSR count). The third-order valence-corrected chi connectivity index (χ3v) is 17.2. The van der Waals surface area contributed by atoms with Gasteiger partial charge in [0.05, 0.1) is 44.3 Å². The van der Waals surface area contributed by atoms with Crippen LogP contribution in [0.15, 0.2) is 115 Å². The number of fused-ring (bicyclic) bond motifs is 29. The second-order valence-electron chi connectivity index (χ2n) is 24.6. The summed E-state index contributed by atoms with van der Waals surface area (Å²) in [5.41, 5.74) is 15.7. The maximum atomic E-state index is 14.7. The van der Waals surface area contributed by atoms with Gasteiger partial charge in [-0.05, 0) is 123 Å². The predicted octanol–water partition coefficient (Wildman–Crippen LogP) is 5.57. The highest BCUT2D eigenvalue weighted by molar-refractivity contribution is 7.98. The van der Waals surface area contributed by atoms with Gasteiger partial charge in [0.1, 0.15) is 0 Å². The number of rotatable bonds is 19. The van der Waals surface area contributed by atoms with E-state index in [0.717, 1.165) is 47.9 Å². The number of nitrogens with zero attached hydrogens (tertiary/aromatic N) is 4. The summed E-state index contributed by atoms with van der Waals surface area (Å²) in [5, 5.41) is 12.6. The Hall–Kier alpha value is -7.58. The van der Waals surface area contributed by atoms with Gasteiger partial charge in [-0.15, -0.1) is 0 Å². The number of hydrogen-bond acceptors (Lipinski definition) is 11. The number of unbranched alkanes of at least 4 members (excludes halogenated alkanes) is 1. The minimum absolute atomic E-state index is 0.0327. The average molecular weight is 1230 g/mol. The standard InChI is InChI=1S/C68H92N10O9S/c1-48(2)21-30-64(83)76-39-56(20-12-13-32-69)71-61(80)45-77(66(85)37-52-22-23-52)41-58(35-50-16-8-4-9-17-50)73-63(82)46-78(67(86)38-53-24-25-53)42-59(36-51-18-10-5-11-19-51)74-68(87)55-28-26-54(27-29-55)47-88-33-31-65(84)75(43-60(70)79)40-57(72-62(81)44-76)34-49-14-6-3-7-15-49/h3-11,14-19,26-29,48,52-53,56-59H,12-13,20-25,30-47,69H2,1-2H3,(H2,70,79)(H,71,80)(H,72,81)(H,73,82)(H,74,87)/t56-,57-,58-,59-/m0/s1. The van der Waals surface area contributed by atoms with Crippen LogP contribution in [0.1, 0.15) is 124 Å². The summed E-state index contributed by atoms with van der Waals surface area (Å²) < 4.78 is 0. The number of hydrogen-bond donors (Lipinski definition) is 6. The number of thioether (sulfide) groups is 1. The van der Waals surface area contributed by atoms with Crippen LogP contribution in [0.4, 0.5) is 0 Å². The zero-order valence-electron chi connectivity index (χ0n) is 51.4. The molecule has 2 aliphatic heterocycles. The van der Waals surface area contributed by atoms with Crippen molar-refractivity contribution in [2.24, 2.45) is 29.2 Å². The summed E-state index contributed by atoms with van der Waals surface area (Å²) in [6.45, 7) is 2.87. The van der Waals surface area contributed by atoms with Gasteiger partial charge in [0.2, 0.25) is 47.3 Å². The third-order valence-electron chi connectivity index (χ3n) is 16.1. The highest BCUT2D eigenvalue weighted by Gasteiger charge is 2.34. The fraction of sp³-hybridized carbons (Fsp3) is 0.515. The van der Waals surface area contributed by atoms with E-state index in [9.17, 15) is 43.2 Å². The van der Waals surface area contributed by atoms with Gasteiger partial charge in [-0.1, -0.05) is 123 Å². The van der Waals surface area contributed by atoms with E-state index in [4.69, 9.17) is 11.5 Å². The van der Waals surface area contributed by atoms with Crippen LogP contribution >= 0.6 is 11.8 Å². The Morgan fingerprint density at radius 3 is 1.45 bits per heavy atom. The lowest BCUT2D eigenvalue weighted by Gasteiger charge is -2.32. The molecule has 0 unspecified atom stereocenters. The summed E-state index contributed by atoms with van der Waals surface area (Å²) in [6.07, 6.45) is 7.36. The molecule has 0 spiro atoms. The molecule has 0 aromatic heterocycles. The van der Waals surface area contributed by atoms with Crippen molar-refractivity contribution in [3.63, 3.8) is 0 Å². The molecule has 19 nitrogen and oxygen atoms in total. The smallest absolute Gasteiger partial charge is 0.251 e. The zero-order chi connectivity index (χ0) is 62.8. The van der Waals surface area contributed by atoms with Crippen molar-refractivity contribution in [1.82, 2.24) is 40.9 Å². The highest BCUT2D eigenvalue weighted by Crippen LogP contribution is 2.34. The largest absolute Gasteiger partial charge is 0.368 e. The van der Waals surface area contributed by atoms with E-state index in [2.05, 4.69) is 21.3 Å². The number of nitrogens with two attached hydrogens (primary N) is 2. The van der Waals surface area contributed by atoms with E-state index < -0.39 is 47.8 Å². The molecule has 2 bridgehead atoms. The van der Waals surface area contributed by atoms with Gasteiger partial charge in [0.25, 0.3) is 5.91 Å². The van der Waals surface area contributed by atoms with Gasteiger partial charge in [-0.3, -0.25) is 43.2 Å². The van der Waals surface area contributed by atoms with Crippen LogP contribution in [0.25, 0.3) is 0 Å². The highest BCUT2D eigenvalue weighted by atomic mass is 32.2. The first-order valence-corrected chi connectivity index (χ1v) is 32.7. The molecule has 2 aliphatic carbocycles. The van der Waals surface area contributed by atoms with Crippen molar-refractivity contribution in [3.05, 3.63) is 143 Å². The second kappa shape index (κ2) is 35.4. The molecule has 4 atom stereocenters. The molecule has 9 amide bonds. The molecule has 2 heterocycles. The number of nitrogens with one attached hydrogen (secondary N) is 4. The molecule has 4 aromatic rings. The van der Waals surface area contributed by atoms with Gasteiger partial charge in [-0.25, -0.2) is 0 Å². The molecule has 4 aliphatic rings. The SMILES string of the molecule is CC(C)CCC(=O)N1CC(=O)N[C@@H](Cc2ccccc2)CN(CC(N)=O)C(=O)CCSCc2ccc(cc2)C(=O)N[C@@H](Cc2ccccc2)CN(C(=O)CC2CC2)CC(=O)N[C@@H](Cc2ccccc2)CN(C(=O)CC2CC2)CC(=O)N[C@@H](CCCCN)C1. The molecule has 88 heavy (non-hydrogen) atoms. The molecule has 2 fully saturated rings. The fourth-order valence-electron chi connectivity index (χ4n) is 11.0. The second-order valence-corrected chi connectivity index (χ2v) is 25.7. The number of carbonyl (C=O) groups is 9. The van der Waals surface area contributed by atoms with E-state index in [1.807, 2.05) is 117 Å². The zero-order valence-corrected chi connectivity index (χ0v) is 52.2. The van der Waals surface area contributed by atoms with Crippen LogP contribution in [0.2, 0.25) is 0 Å². The van der Waals surface area contributed by atoms with Gasteiger partial charge < -0.3 is 52.3 Å². The van der Waals surface area contributed by atoms with E-state index in [1.54, 1.807) is 12.1 Å². The van der Waals surface area contributed by atoms with E-state index in [1.165, 1.54) is 31.4 Å². The van der Waals surface area contributed by atoms with Crippen molar-refractivity contribution in [2.45, 2.75) is 140 Å². The normalized spacial score (nSPS) is 20.5. The van der Waals surface area contributed by atoms with Crippen molar-refractivity contribution >= 4 is 64.9 Å². The first kappa shape index (κ1) is 67.9. The number of primary amides is 1. The Balaban J connectivity index is 1.23. The number of carbonyl (C=O) groups excluding carboxylic acids is 9. The summed E-state index contributed by atoms with van der Waals surface area (Å²) in [4.78, 5) is 134. The first-order chi connectivity index (χ1) is 42.4. The monoisotopic (exact) mass is 1220 g/mol. The molecule has 0 saturated heterocycles. The predicted molar refractivity (Wildman–Crippen MR) is 342 cm³/mol. The van der Waals surface area contributed by atoms with E-state index >= 15 is 0 Å². The molecule has 0 radical (unpaired) electrons. The van der Waals surface area contributed by atoms with Crippen molar-refractivity contribution in [2.75, 3.05) is 64.7 Å². The Bertz CT molecular complexity index is 2910. The fourth-order valence-corrected chi connectivity index (χ4v) is 11.9. The molecule has 2 saturated carbocycles. The van der Waals surface area contributed by atoms with Crippen LogP contribution in [0.5, 0.6) is 0 Å². The number of amides is 9. The maximum Gasteiger partial charge on any atom is 0.251 e. The molecule has 474 valence electrons. The van der Waals surface area contributed by atoms with Crippen molar-refractivity contribution < 1.29 is 43.2 Å². The maximum absolute atomic E-state index is 14.7. The van der Waals surface area contributed by atoms with Crippen LogP contribution in [0.3, 0.4) is 0 Å². The van der Waals surface area contributed by atoms with Crippen LogP contribution in [-0.4, -0.2) is 162 Å². The van der Waals surface area contributed by atoms with Crippen molar-refractivity contribution in [1.29, 1.82) is 0 Å². The molecular formula is C68H92N10O9S. The Morgan fingerprint density at radius 1 is 0.557 bits per heavy atom. The minimum atomic E-state index is -0.720. The molecule has 4 aromatic carbocycles.